The van der Waals surface area contributed by atoms with E-state index >= 15 is 0 Å². The first-order valence-electron chi connectivity index (χ1n) is 7.94. The van der Waals surface area contributed by atoms with E-state index in [0.717, 1.165) is 5.69 Å². The second-order valence-electron chi connectivity index (χ2n) is 6.48. The summed E-state index contributed by atoms with van der Waals surface area (Å²) >= 11 is 0. The average molecular weight is 347 g/mol. The average Bonchev–Trinajstić information content (AvgIpc) is 2.49. The van der Waals surface area contributed by atoms with Crippen molar-refractivity contribution in [1.29, 1.82) is 0 Å². The number of pyridine rings is 1. The molecular weight excluding hydrogens is 321 g/mol. The van der Waals surface area contributed by atoms with E-state index < -0.39 is 18.9 Å². The van der Waals surface area contributed by atoms with Crippen LogP contribution in [0.15, 0.2) is 42.5 Å². The van der Waals surface area contributed by atoms with Gasteiger partial charge in [-0.25, -0.2) is 4.98 Å². The van der Waals surface area contributed by atoms with Gasteiger partial charge in [-0.15, -0.1) is 0 Å². The molecule has 1 heterocycles. The first kappa shape index (κ1) is 21.0. The lowest BCUT2D eigenvalue weighted by Gasteiger charge is -2.37. The van der Waals surface area contributed by atoms with E-state index in [1.54, 1.807) is 19.9 Å². The third kappa shape index (κ3) is 6.38. The van der Waals surface area contributed by atoms with Crippen molar-refractivity contribution in [3.05, 3.63) is 48.2 Å². The fourth-order valence-electron chi connectivity index (χ4n) is 1.71. The summed E-state index contributed by atoms with van der Waals surface area (Å²) in [5.41, 5.74) is -0.888. The van der Waals surface area contributed by atoms with E-state index in [4.69, 9.17) is 19.5 Å². The molecule has 0 radical (unpaired) electrons. The summed E-state index contributed by atoms with van der Waals surface area (Å²) in [4.78, 5) is 4.33. The minimum Gasteiger partial charge on any atom is -0.481 e. The number of para-hydroxylation sites is 2. The number of nitrogens with zero attached hydrogens (tertiary/aromatic N) is 1. The van der Waals surface area contributed by atoms with Gasteiger partial charge in [0.1, 0.15) is 5.60 Å². The van der Waals surface area contributed by atoms with Gasteiger partial charge in [0.2, 0.25) is 5.88 Å². The molecule has 0 spiro atoms. The van der Waals surface area contributed by atoms with Gasteiger partial charge in [-0.2, -0.15) is 0 Å². The van der Waals surface area contributed by atoms with Crippen molar-refractivity contribution in [3.63, 3.8) is 0 Å². The monoisotopic (exact) mass is 347 g/mol. The summed E-state index contributed by atoms with van der Waals surface area (Å²) < 4.78 is 11.8. The molecule has 2 aromatic rings. The zero-order valence-electron chi connectivity index (χ0n) is 15.4. The van der Waals surface area contributed by atoms with E-state index in [2.05, 4.69) is 4.98 Å². The van der Waals surface area contributed by atoms with Gasteiger partial charge in [0.15, 0.2) is 11.5 Å². The van der Waals surface area contributed by atoms with Crippen LogP contribution in [0.25, 0.3) is 0 Å². The largest absolute Gasteiger partial charge is 0.481 e. The van der Waals surface area contributed by atoms with Crippen LogP contribution in [0.2, 0.25) is 0 Å². The molecule has 2 rings (SSSR count). The van der Waals surface area contributed by atoms with Gasteiger partial charge >= 0.3 is 7.69 Å². The molecule has 0 fully saturated rings. The molecule has 0 saturated carbocycles. The van der Waals surface area contributed by atoms with Crippen LogP contribution >= 0.6 is 0 Å². The number of rotatable bonds is 5. The standard InChI is InChI=1S/C18H23NO3.BH3O2/c1-13-9-8-12-16(19-13)21-14-10-6-7-11-15(14)22-18(4,5)17(2,3)20;2-1-3/h6-12,20H,1-5H3;1-3H. The molecule has 3 N–H and O–H groups in total. The Balaban J connectivity index is 0.000000970. The molecule has 0 atom stereocenters. The van der Waals surface area contributed by atoms with Gasteiger partial charge in [0, 0.05) is 11.8 Å². The Morgan fingerprint density at radius 3 is 2.00 bits per heavy atom. The number of hydrogen-bond acceptors (Lipinski definition) is 6. The predicted molar refractivity (Wildman–Crippen MR) is 98.1 cm³/mol. The van der Waals surface area contributed by atoms with E-state index in [1.807, 2.05) is 57.2 Å². The lowest BCUT2D eigenvalue weighted by Crippen LogP contribution is -2.49. The zero-order chi connectivity index (χ0) is 19.1. The van der Waals surface area contributed by atoms with Crippen molar-refractivity contribution in [2.45, 2.75) is 45.8 Å². The number of benzene rings is 1. The van der Waals surface area contributed by atoms with Gasteiger partial charge in [-0.1, -0.05) is 18.2 Å². The van der Waals surface area contributed by atoms with Crippen molar-refractivity contribution in [1.82, 2.24) is 4.98 Å². The molecule has 1 aromatic carbocycles. The van der Waals surface area contributed by atoms with Gasteiger partial charge in [0.05, 0.1) is 5.60 Å². The molecule has 0 aliphatic heterocycles. The normalized spacial score (nSPS) is 11.2. The van der Waals surface area contributed by atoms with Crippen molar-refractivity contribution in [2.75, 3.05) is 0 Å². The lowest BCUT2D eigenvalue weighted by molar-refractivity contribution is -0.0912. The number of ether oxygens (including phenoxy) is 2. The van der Waals surface area contributed by atoms with Crippen LogP contribution in [0.1, 0.15) is 33.4 Å². The van der Waals surface area contributed by atoms with Crippen LogP contribution in [0, 0.1) is 6.92 Å². The second-order valence-corrected chi connectivity index (χ2v) is 6.48. The smallest absolute Gasteiger partial charge is 0.432 e. The van der Waals surface area contributed by atoms with Gasteiger partial charge in [-0.05, 0) is 52.8 Å². The van der Waals surface area contributed by atoms with Gasteiger partial charge in [-0.3, -0.25) is 0 Å². The van der Waals surface area contributed by atoms with E-state index in [9.17, 15) is 5.11 Å². The Kier molecular flexibility index (Phi) is 7.42. The van der Waals surface area contributed by atoms with Gasteiger partial charge in [0.25, 0.3) is 0 Å². The highest BCUT2D eigenvalue weighted by Gasteiger charge is 2.38. The maximum Gasteiger partial charge on any atom is 0.432 e. The highest BCUT2D eigenvalue weighted by Crippen LogP contribution is 2.35. The van der Waals surface area contributed by atoms with E-state index in [1.165, 1.54) is 0 Å². The summed E-state index contributed by atoms with van der Waals surface area (Å²) in [5, 5.41) is 24.5. The van der Waals surface area contributed by atoms with Crippen LogP contribution < -0.4 is 9.47 Å². The fourth-order valence-corrected chi connectivity index (χ4v) is 1.71. The summed E-state index contributed by atoms with van der Waals surface area (Å²) in [7, 11) is -0.750. The maximum atomic E-state index is 10.2. The Hall–Kier alpha value is -2.09. The maximum absolute atomic E-state index is 10.2. The minimum atomic E-state index is -0.998. The van der Waals surface area contributed by atoms with E-state index in [0.29, 0.717) is 17.4 Å². The number of aromatic nitrogens is 1. The number of hydrogen-bond donors (Lipinski definition) is 3. The van der Waals surface area contributed by atoms with Crippen LogP contribution in [-0.4, -0.2) is 39.0 Å². The topological polar surface area (TPSA) is 92.0 Å². The quantitative estimate of drug-likeness (QED) is 0.719. The third-order valence-corrected chi connectivity index (χ3v) is 3.76. The van der Waals surface area contributed by atoms with Crippen molar-refractivity contribution < 1.29 is 24.6 Å². The van der Waals surface area contributed by atoms with Gasteiger partial charge < -0.3 is 24.6 Å². The summed E-state index contributed by atoms with van der Waals surface area (Å²) in [5.74, 6) is 1.65. The van der Waals surface area contributed by atoms with E-state index in [-0.39, 0.29) is 0 Å². The molecule has 7 heteroatoms. The Labute approximate surface area is 149 Å². The molecule has 25 heavy (non-hydrogen) atoms. The first-order valence-corrected chi connectivity index (χ1v) is 7.94. The van der Waals surface area contributed by atoms with Crippen LogP contribution in [0.4, 0.5) is 0 Å². The van der Waals surface area contributed by atoms with Crippen LogP contribution in [0.3, 0.4) is 0 Å². The summed E-state index contributed by atoms with van der Waals surface area (Å²) in [6.45, 7) is 9.03. The molecule has 0 saturated heterocycles. The molecule has 1 aromatic heterocycles. The third-order valence-electron chi connectivity index (χ3n) is 3.76. The molecule has 0 unspecified atom stereocenters. The van der Waals surface area contributed by atoms with Crippen molar-refractivity contribution in [2.24, 2.45) is 0 Å². The first-order chi connectivity index (χ1) is 11.6. The summed E-state index contributed by atoms with van der Waals surface area (Å²) in [6, 6.07) is 13.0. The summed E-state index contributed by atoms with van der Waals surface area (Å²) in [6.07, 6.45) is 0. The number of aryl methyl sites for hydroxylation is 1. The molecule has 6 nitrogen and oxygen atoms in total. The van der Waals surface area contributed by atoms with Crippen molar-refractivity contribution in [3.8, 4) is 17.4 Å². The minimum absolute atomic E-state index is 0.511. The van der Waals surface area contributed by atoms with Crippen LogP contribution in [-0.2, 0) is 0 Å². The molecule has 0 amide bonds. The number of aliphatic hydroxyl groups is 1. The highest BCUT2D eigenvalue weighted by molar-refractivity contribution is 6.13. The Bertz CT molecular complexity index is 671. The SMILES string of the molecule is Cc1cccc(Oc2ccccc2OC(C)(C)C(C)(C)O)n1.OBO. The second kappa shape index (κ2) is 8.85. The molecule has 0 aliphatic rings. The molecule has 0 bridgehead atoms. The molecule has 0 aliphatic carbocycles. The molecule has 136 valence electrons. The van der Waals surface area contributed by atoms with Crippen LogP contribution in [0.5, 0.6) is 17.4 Å². The fraction of sp³-hybridized carbons (Fsp3) is 0.389. The Morgan fingerprint density at radius 1 is 0.920 bits per heavy atom. The predicted octanol–water partition coefficient (Wildman–Crippen LogP) is 2.35. The molecular formula is C18H26BNO5. The zero-order valence-corrected chi connectivity index (χ0v) is 15.4. The highest BCUT2D eigenvalue weighted by atomic mass is 16.5. The van der Waals surface area contributed by atoms with Crippen molar-refractivity contribution >= 4 is 7.69 Å². The Morgan fingerprint density at radius 2 is 1.48 bits per heavy atom. The lowest BCUT2D eigenvalue weighted by atomic mass is 9.89.